The molecule has 0 saturated carbocycles. The van der Waals surface area contributed by atoms with E-state index in [2.05, 4.69) is 34.6 Å². The summed E-state index contributed by atoms with van der Waals surface area (Å²) in [6.45, 7) is 7.72. The number of rotatable bonds is 6. The maximum atomic E-state index is 11.9. The summed E-state index contributed by atoms with van der Waals surface area (Å²) < 4.78 is 0. The monoisotopic (exact) mass is 289 g/mol. The molecule has 0 saturated heterocycles. The molecular formula is C17H27N3O. The average Bonchev–Trinajstić information content (AvgIpc) is 2.45. The first-order valence-corrected chi connectivity index (χ1v) is 7.37. The molecule has 2 N–H and O–H groups in total. The summed E-state index contributed by atoms with van der Waals surface area (Å²) in [6, 6.07) is 5.98. The van der Waals surface area contributed by atoms with Crippen LogP contribution in [0.2, 0.25) is 0 Å². The minimum absolute atomic E-state index is 0.146. The Bertz CT molecular complexity index is 507. The lowest BCUT2D eigenvalue weighted by molar-refractivity contribution is 0.251. The van der Waals surface area contributed by atoms with Gasteiger partial charge in [-0.3, -0.25) is 0 Å². The smallest absolute Gasteiger partial charge is 0.319 e. The Labute approximate surface area is 128 Å². The number of nitrogens with one attached hydrogen (secondary N) is 2. The summed E-state index contributed by atoms with van der Waals surface area (Å²) in [7, 11) is 4.05. The second-order valence-electron chi connectivity index (χ2n) is 5.54. The molecule has 0 aliphatic carbocycles. The highest BCUT2D eigenvalue weighted by atomic mass is 16.2. The Balaban J connectivity index is 2.59. The van der Waals surface area contributed by atoms with Crippen molar-refractivity contribution in [3.05, 3.63) is 35.4 Å². The van der Waals surface area contributed by atoms with E-state index in [1.165, 1.54) is 5.57 Å². The van der Waals surface area contributed by atoms with Gasteiger partial charge in [0.05, 0.1) is 0 Å². The summed E-state index contributed by atoms with van der Waals surface area (Å²) in [5, 5.41) is 5.81. The second kappa shape index (κ2) is 8.47. The number of carbonyl (C=O) groups excluding carboxylic acids is 1. The van der Waals surface area contributed by atoms with Crippen molar-refractivity contribution in [2.45, 2.75) is 27.2 Å². The fraction of sp³-hybridized carbons (Fsp3) is 0.471. The largest absolute Gasteiger partial charge is 0.338 e. The van der Waals surface area contributed by atoms with Crippen LogP contribution in [0.25, 0.3) is 5.57 Å². The van der Waals surface area contributed by atoms with Gasteiger partial charge in [0.15, 0.2) is 0 Å². The maximum Gasteiger partial charge on any atom is 0.319 e. The number of nitrogens with zero attached hydrogens (tertiary/aromatic N) is 1. The third kappa shape index (κ3) is 6.00. The fourth-order valence-electron chi connectivity index (χ4n) is 1.93. The average molecular weight is 289 g/mol. The zero-order valence-corrected chi connectivity index (χ0v) is 13.8. The van der Waals surface area contributed by atoms with Crippen LogP contribution in [0.5, 0.6) is 0 Å². The maximum absolute atomic E-state index is 11.9. The van der Waals surface area contributed by atoms with E-state index in [-0.39, 0.29) is 6.03 Å². The molecule has 0 fully saturated rings. The SMILES string of the molecule is C/C=C(\C)c1ccc(C)c(NC(=O)NCCCN(C)C)c1. The first-order chi connectivity index (χ1) is 9.93. The standard InChI is InChI=1S/C17H27N3O/c1-6-13(2)15-9-8-14(3)16(12-15)19-17(21)18-10-7-11-20(4)5/h6,8-9,12H,7,10-11H2,1-5H3,(H2,18,19,21)/b13-6+. The number of carbonyl (C=O) groups is 1. The van der Waals surface area contributed by atoms with E-state index < -0.39 is 0 Å². The number of aryl methyl sites for hydroxylation is 1. The van der Waals surface area contributed by atoms with Crippen molar-refractivity contribution in [2.75, 3.05) is 32.5 Å². The highest BCUT2D eigenvalue weighted by Gasteiger charge is 2.06. The van der Waals surface area contributed by atoms with Crippen molar-refractivity contribution < 1.29 is 4.79 Å². The van der Waals surface area contributed by atoms with Crippen molar-refractivity contribution in [3.63, 3.8) is 0 Å². The molecule has 0 aromatic heterocycles. The molecule has 0 radical (unpaired) electrons. The third-order valence-electron chi connectivity index (χ3n) is 3.44. The second-order valence-corrected chi connectivity index (χ2v) is 5.54. The fourth-order valence-corrected chi connectivity index (χ4v) is 1.93. The Morgan fingerprint density at radius 3 is 2.67 bits per heavy atom. The van der Waals surface area contributed by atoms with Crippen molar-refractivity contribution >= 4 is 17.3 Å². The minimum atomic E-state index is -0.146. The molecule has 2 amide bonds. The van der Waals surface area contributed by atoms with Gasteiger partial charge in [0.2, 0.25) is 0 Å². The van der Waals surface area contributed by atoms with E-state index in [0.29, 0.717) is 6.54 Å². The van der Waals surface area contributed by atoms with Gasteiger partial charge in [-0.15, -0.1) is 0 Å². The molecule has 1 aromatic rings. The number of benzene rings is 1. The highest BCUT2D eigenvalue weighted by Crippen LogP contribution is 2.21. The zero-order valence-electron chi connectivity index (χ0n) is 13.8. The van der Waals surface area contributed by atoms with Gasteiger partial charge in [-0.05, 0) is 70.6 Å². The first-order valence-electron chi connectivity index (χ1n) is 7.37. The van der Waals surface area contributed by atoms with E-state index in [0.717, 1.165) is 29.8 Å². The number of hydrogen-bond acceptors (Lipinski definition) is 2. The first kappa shape index (κ1) is 17.2. The molecule has 1 aromatic carbocycles. The molecule has 0 bridgehead atoms. The summed E-state index contributed by atoms with van der Waals surface area (Å²) >= 11 is 0. The number of allylic oxidation sites excluding steroid dienone is 2. The van der Waals surface area contributed by atoms with Crippen LogP contribution in [0.3, 0.4) is 0 Å². The van der Waals surface area contributed by atoms with Gasteiger partial charge >= 0.3 is 6.03 Å². The van der Waals surface area contributed by atoms with Crippen molar-refractivity contribution in [1.29, 1.82) is 0 Å². The van der Waals surface area contributed by atoms with Crippen LogP contribution in [-0.2, 0) is 0 Å². The summed E-state index contributed by atoms with van der Waals surface area (Å²) in [5.41, 5.74) is 4.25. The molecule has 0 aliphatic heterocycles. The zero-order chi connectivity index (χ0) is 15.8. The van der Waals surface area contributed by atoms with Crippen LogP contribution < -0.4 is 10.6 Å². The van der Waals surface area contributed by atoms with Gasteiger partial charge < -0.3 is 15.5 Å². The highest BCUT2D eigenvalue weighted by molar-refractivity contribution is 5.90. The topological polar surface area (TPSA) is 44.4 Å². The lowest BCUT2D eigenvalue weighted by Crippen LogP contribution is -2.31. The Morgan fingerprint density at radius 2 is 2.05 bits per heavy atom. The molecule has 21 heavy (non-hydrogen) atoms. The van der Waals surface area contributed by atoms with Crippen LogP contribution in [0.4, 0.5) is 10.5 Å². The lowest BCUT2D eigenvalue weighted by Gasteiger charge is -2.13. The number of amides is 2. The molecule has 0 atom stereocenters. The van der Waals surface area contributed by atoms with E-state index >= 15 is 0 Å². The van der Waals surface area contributed by atoms with Crippen LogP contribution in [0.15, 0.2) is 24.3 Å². The van der Waals surface area contributed by atoms with Crippen molar-refractivity contribution in [1.82, 2.24) is 10.2 Å². The van der Waals surface area contributed by atoms with Gasteiger partial charge in [-0.25, -0.2) is 4.79 Å². The molecule has 4 heteroatoms. The summed E-state index contributed by atoms with van der Waals surface area (Å²) in [5.74, 6) is 0. The number of urea groups is 1. The van der Waals surface area contributed by atoms with E-state index in [9.17, 15) is 4.79 Å². The third-order valence-corrected chi connectivity index (χ3v) is 3.44. The number of anilines is 1. The summed E-state index contributed by atoms with van der Waals surface area (Å²) in [6.07, 6.45) is 3.01. The molecule has 4 nitrogen and oxygen atoms in total. The van der Waals surface area contributed by atoms with Crippen LogP contribution in [0.1, 0.15) is 31.4 Å². The molecular weight excluding hydrogens is 262 g/mol. The Morgan fingerprint density at radius 1 is 1.33 bits per heavy atom. The van der Waals surface area contributed by atoms with Crippen molar-refractivity contribution in [3.8, 4) is 0 Å². The Kier molecular flexibility index (Phi) is 6.96. The lowest BCUT2D eigenvalue weighted by atomic mass is 10.0. The van der Waals surface area contributed by atoms with Gasteiger partial charge in [-0.2, -0.15) is 0 Å². The number of hydrogen-bond donors (Lipinski definition) is 2. The van der Waals surface area contributed by atoms with Gasteiger partial charge in [-0.1, -0.05) is 18.2 Å². The van der Waals surface area contributed by atoms with E-state index in [1.807, 2.05) is 40.1 Å². The van der Waals surface area contributed by atoms with Crippen LogP contribution in [0, 0.1) is 6.92 Å². The molecule has 0 heterocycles. The van der Waals surface area contributed by atoms with Gasteiger partial charge in [0.25, 0.3) is 0 Å². The van der Waals surface area contributed by atoms with Gasteiger partial charge in [0.1, 0.15) is 0 Å². The molecule has 0 spiro atoms. The molecule has 116 valence electrons. The molecule has 0 unspecified atom stereocenters. The van der Waals surface area contributed by atoms with E-state index in [4.69, 9.17) is 0 Å². The van der Waals surface area contributed by atoms with Crippen LogP contribution >= 0.6 is 0 Å². The van der Waals surface area contributed by atoms with E-state index in [1.54, 1.807) is 0 Å². The van der Waals surface area contributed by atoms with Gasteiger partial charge in [0, 0.05) is 12.2 Å². The molecule has 0 aliphatic rings. The quantitative estimate of drug-likeness (QED) is 0.787. The predicted octanol–water partition coefficient (Wildman–Crippen LogP) is 3.49. The molecule has 1 rings (SSSR count). The van der Waals surface area contributed by atoms with Crippen molar-refractivity contribution in [2.24, 2.45) is 0 Å². The normalized spacial score (nSPS) is 11.6. The minimum Gasteiger partial charge on any atom is -0.338 e. The Hall–Kier alpha value is -1.81. The summed E-state index contributed by atoms with van der Waals surface area (Å²) in [4.78, 5) is 14.0. The van der Waals surface area contributed by atoms with Crippen LogP contribution in [-0.4, -0.2) is 38.1 Å². The predicted molar refractivity (Wildman–Crippen MR) is 90.7 cm³/mol.